The predicted molar refractivity (Wildman–Crippen MR) is 94.7 cm³/mol. The highest BCUT2D eigenvalue weighted by Gasteiger charge is 2.45. The van der Waals surface area contributed by atoms with Gasteiger partial charge in [0.15, 0.2) is 5.58 Å². The van der Waals surface area contributed by atoms with Gasteiger partial charge in [0, 0.05) is 16.8 Å². The molecule has 1 aliphatic rings. The second-order valence-electron chi connectivity index (χ2n) is 7.63. The number of hydrogen-bond donors (Lipinski definition) is 1. The van der Waals surface area contributed by atoms with Crippen LogP contribution in [0.5, 0.6) is 0 Å². The molecule has 0 saturated carbocycles. The Morgan fingerprint density at radius 1 is 1.42 bits per heavy atom. The first-order valence-corrected chi connectivity index (χ1v) is 8.69. The number of piperidine rings is 1. The van der Waals surface area contributed by atoms with E-state index in [-0.39, 0.29) is 17.9 Å². The third-order valence-electron chi connectivity index (χ3n) is 5.60. The van der Waals surface area contributed by atoms with Crippen LogP contribution < -0.4 is 5.73 Å². The average molecular weight is 329 g/mol. The molecule has 2 N–H and O–H groups in total. The van der Waals surface area contributed by atoms with Gasteiger partial charge in [0.05, 0.1) is 11.6 Å². The number of aromatic nitrogens is 1. The summed E-state index contributed by atoms with van der Waals surface area (Å²) in [6.45, 7) is 7.13. The monoisotopic (exact) mass is 329 g/mol. The second kappa shape index (κ2) is 6.20. The molecule has 0 spiro atoms. The number of aryl methyl sites for hydroxylation is 1. The molecule has 5 nitrogen and oxygen atoms in total. The lowest BCUT2D eigenvalue weighted by molar-refractivity contribution is -0.127. The predicted octanol–water partition coefficient (Wildman–Crippen LogP) is 3.00. The molecule has 2 unspecified atom stereocenters. The summed E-state index contributed by atoms with van der Waals surface area (Å²) in [5.41, 5.74) is 8.04. The maximum Gasteiger partial charge on any atom is 0.223 e. The molecule has 3 rings (SSSR count). The van der Waals surface area contributed by atoms with Gasteiger partial charge in [0.2, 0.25) is 5.91 Å². The number of benzene rings is 1. The van der Waals surface area contributed by atoms with Gasteiger partial charge < -0.3 is 15.2 Å². The quantitative estimate of drug-likeness (QED) is 0.936. The van der Waals surface area contributed by atoms with Crippen molar-refractivity contribution in [3.05, 3.63) is 29.5 Å². The van der Waals surface area contributed by atoms with Crippen LogP contribution in [0.25, 0.3) is 11.0 Å². The van der Waals surface area contributed by atoms with Crippen LogP contribution in [0.2, 0.25) is 0 Å². The minimum Gasteiger partial charge on any atom is -0.369 e. The van der Waals surface area contributed by atoms with E-state index in [2.05, 4.69) is 31.0 Å². The summed E-state index contributed by atoms with van der Waals surface area (Å²) in [6, 6.07) is 6.16. The summed E-state index contributed by atoms with van der Waals surface area (Å²) in [5.74, 6) is -0.570. The average Bonchev–Trinajstić information content (AvgIpc) is 2.95. The van der Waals surface area contributed by atoms with Crippen LogP contribution in [0.3, 0.4) is 0 Å². The number of likely N-dealkylation sites (tertiary alicyclic amines) is 1. The molecule has 0 bridgehead atoms. The van der Waals surface area contributed by atoms with Crippen molar-refractivity contribution in [2.75, 3.05) is 13.6 Å². The third-order valence-corrected chi connectivity index (χ3v) is 5.60. The first-order valence-electron chi connectivity index (χ1n) is 8.69. The first kappa shape index (κ1) is 17.0. The van der Waals surface area contributed by atoms with Crippen molar-refractivity contribution in [3.63, 3.8) is 0 Å². The molecular formula is C19H27N3O2. The lowest BCUT2D eigenvalue weighted by atomic mass is 9.69. The molecule has 1 aromatic carbocycles. The number of carbonyl (C=O) groups is 1. The van der Waals surface area contributed by atoms with E-state index in [1.165, 1.54) is 6.42 Å². The van der Waals surface area contributed by atoms with E-state index >= 15 is 0 Å². The summed E-state index contributed by atoms with van der Waals surface area (Å²) in [6.07, 6.45) is 3.29. The Morgan fingerprint density at radius 3 is 2.83 bits per heavy atom. The number of nitrogens with two attached hydrogens (primary N) is 1. The van der Waals surface area contributed by atoms with Crippen LogP contribution in [-0.4, -0.2) is 35.6 Å². The van der Waals surface area contributed by atoms with Crippen molar-refractivity contribution in [1.82, 2.24) is 10.1 Å². The Kier molecular flexibility index (Phi) is 4.38. The van der Waals surface area contributed by atoms with Gasteiger partial charge in [-0.1, -0.05) is 37.6 Å². The van der Waals surface area contributed by atoms with E-state index in [1.807, 2.05) is 25.1 Å². The van der Waals surface area contributed by atoms with Crippen LogP contribution in [0.4, 0.5) is 0 Å². The molecule has 2 atom stereocenters. The van der Waals surface area contributed by atoms with E-state index in [1.54, 1.807) is 0 Å². The van der Waals surface area contributed by atoms with Crippen LogP contribution in [0.1, 0.15) is 44.4 Å². The van der Waals surface area contributed by atoms with Crippen molar-refractivity contribution >= 4 is 16.9 Å². The normalized spacial score (nSPS) is 21.1. The molecule has 5 heteroatoms. The van der Waals surface area contributed by atoms with E-state index in [9.17, 15) is 4.79 Å². The zero-order valence-electron chi connectivity index (χ0n) is 15.0. The smallest absolute Gasteiger partial charge is 0.223 e. The maximum atomic E-state index is 12.4. The number of amides is 1. The largest absolute Gasteiger partial charge is 0.369 e. The Bertz CT molecular complexity index is 750. The van der Waals surface area contributed by atoms with Gasteiger partial charge in [0.25, 0.3) is 0 Å². The Labute approximate surface area is 143 Å². The molecule has 2 heterocycles. The fraction of sp³-hybridized carbons (Fsp3) is 0.579. The summed E-state index contributed by atoms with van der Waals surface area (Å²) in [5, 5.41) is 5.33. The lowest BCUT2D eigenvalue weighted by Crippen LogP contribution is -2.53. The lowest BCUT2D eigenvalue weighted by Gasteiger charge is -2.43. The van der Waals surface area contributed by atoms with E-state index in [0.717, 1.165) is 41.6 Å². The maximum absolute atomic E-state index is 12.4. The molecule has 1 fully saturated rings. The minimum absolute atomic E-state index is 0.141. The van der Waals surface area contributed by atoms with Crippen molar-refractivity contribution in [3.8, 4) is 0 Å². The minimum atomic E-state index is -0.499. The fourth-order valence-electron chi connectivity index (χ4n) is 4.26. The summed E-state index contributed by atoms with van der Waals surface area (Å²) >= 11 is 0. The molecule has 130 valence electrons. The van der Waals surface area contributed by atoms with Gasteiger partial charge in [-0.3, -0.25) is 4.79 Å². The van der Waals surface area contributed by atoms with Crippen LogP contribution in [0.15, 0.2) is 22.7 Å². The van der Waals surface area contributed by atoms with Gasteiger partial charge in [-0.15, -0.1) is 0 Å². The van der Waals surface area contributed by atoms with E-state index in [4.69, 9.17) is 10.3 Å². The molecular weight excluding hydrogens is 302 g/mol. The van der Waals surface area contributed by atoms with Gasteiger partial charge >= 0.3 is 0 Å². The molecule has 0 aliphatic carbocycles. The SMILES string of the molecule is Cc1cccc2c(C(C)(C)C(C(N)=O)C3CCCCN3C)noc12. The summed E-state index contributed by atoms with van der Waals surface area (Å²) in [4.78, 5) is 14.7. The number of hydrogen-bond acceptors (Lipinski definition) is 4. The number of rotatable bonds is 4. The Hall–Kier alpha value is -1.88. The highest BCUT2D eigenvalue weighted by Crippen LogP contribution is 2.40. The van der Waals surface area contributed by atoms with Gasteiger partial charge in [-0.2, -0.15) is 0 Å². The number of nitrogens with zero attached hydrogens (tertiary/aromatic N) is 2. The molecule has 0 radical (unpaired) electrons. The fourth-order valence-corrected chi connectivity index (χ4v) is 4.26. The molecule has 1 aliphatic heterocycles. The molecule has 1 saturated heterocycles. The number of fused-ring (bicyclic) bond motifs is 1. The van der Waals surface area contributed by atoms with Crippen LogP contribution in [-0.2, 0) is 10.2 Å². The zero-order valence-corrected chi connectivity index (χ0v) is 15.0. The topological polar surface area (TPSA) is 72.4 Å². The van der Waals surface area contributed by atoms with Crippen molar-refractivity contribution in [2.45, 2.75) is 51.5 Å². The summed E-state index contributed by atoms with van der Waals surface area (Å²) in [7, 11) is 2.08. The molecule has 1 amide bonds. The molecule has 1 aromatic heterocycles. The Morgan fingerprint density at radius 2 is 2.17 bits per heavy atom. The number of para-hydroxylation sites is 1. The van der Waals surface area contributed by atoms with Crippen molar-refractivity contribution in [1.29, 1.82) is 0 Å². The van der Waals surface area contributed by atoms with Gasteiger partial charge in [0.1, 0.15) is 0 Å². The highest BCUT2D eigenvalue weighted by molar-refractivity contribution is 5.85. The number of primary amides is 1. The van der Waals surface area contributed by atoms with Gasteiger partial charge in [-0.05, 0) is 45.0 Å². The Balaban J connectivity index is 2.08. The zero-order chi connectivity index (χ0) is 17.5. The van der Waals surface area contributed by atoms with Crippen molar-refractivity contribution in [2.24, 2.45) is 11.7 Å². The third kappa shape index (κ3) is 2.71. The van der Waals surface area contributed by atoms with E-state index < -0.39 is 5.41 Å². The molecule has 2 aromatic rings. The second-order valence-corrected chi connectivity index (χ2v) is 7.63. The molecule has 24 heavy (non-hydrogen) atoms. The standard InChI is InChI=1S/C19H27N3O2/c1-12-8-7-9-13-16(12)24-21-17(13)19(2,3)15(18(20)23)14-10-5-6-11-22(14)4/h7-9,14-15H,5-6,10-11H2,1-4H3,(H2,20,23). The summed E-state index contributed by atoms with van der Waals surface area (Å²) < 4.78 is 5.59. The number of carbonyl (C=O) groups excluding carboxylic acids is 1. The highest BCUT2D eigenvalue weighted by atomic mass is 16.5. The van der Waals surface area contributed by atoms with Crippen molar-refractivity contribution < 1.29 is 9.32 Å². The van der Waals surface area contributed by atoms with Gasteiger partial charge in [-0.25, -0.2) is 0 Å². The first-order chi connectivity index (χ1) is 11.3. The van der Waals surface area contributed by atoms with E-state index in [0.29, 0.717) is 0 Å². The van der Waals surface area contributed by atoms with Crippen LogP contribution >= 0.6 is 0 Å². The van der Waals surface area contributed by atoms with Crippen LogP contribution in [0, 0.1) is 12.8 Å².